The van der Waals surface area contributed by atoms with Crippen LogP contribution in [0.4, 0.5) is 0 Å². The number of hydrogen-bond acceptors (Lipinski definition) is 2. The number of H-pyrrole nitrogens is 1. The highest BCUT2D eigenvalue weighted by Crippen LogP contribution is 2.19. The Balaban J connectivity index is 2.48. The van der Waals surface area contributed by atoms with Gasteiger partial charge in [0.05, 0.1) is 17.6 Å². The normalized spacial score (nSPS) is 10.4. The highest BCUT2D eigenvalue weighted by atomic mass is 16.5. The van der Waals surface area contributed by atoms with Crippen LogP contribution < -0.4 is 4.74 Å². The van der Waals surface area contributed by atoms with Crippen LogP contribution in [0, 0.1) is 0 Å². The zero-order chi connectivity index (χ0) is 9.97. The van der Waals surface area contributed by atoms with Crippen LogP contribution in [0.25, 0.3) is 17.1 Å². The summed E-state index contributed by atoms with van der Waals surface area (Å²) in [5, 5.41) is 0. The summed E-state index contributed by atoms with van der Waals surface area (Å²) < 4.78 is 5.38. The number of ether oxygens (including phenoxy) is 1. The highest BCUT2D eigenvalue weighted by Gasteiger charge is 2.01. The molecule has 14 heavy (non-hydrogen) atoms. The molecule has 3 nitrogen and oxygen atoms in total. The van der Waals surface area contributed by atoms with Crippen molar-refractivity contribution in [3.05, 3.63) is 30.6 Å². The average Bonchev–Trinajstić information content (AvgIpc) is 2.60. The molecule has 72 valence electrons. The SMILES string of the molecule is C=Cc1nc2ccc(OCC)cc2[nH]1. The number of hydrogen-bond donors (Lipinski definition) is 1. The minimum atomic E-state index is 0.675. The summed E-state index contributed by atoms with van der Waals surface area (Å²) >= 11 is 0. The highest BCUT2D eigenvalue weighted by molar-refractivity contribution is 5.78. The predicted molar refractivity (Wildman–Crippen MR) is 57.4 cm³/mol. The van der Waals surface area contributed by atoms with Crippen LogP contribution in [0.2, 0.25) is 0 Å². The first kappa shape index (κ1) is 8.81. The molecule has 1 aromatic carbocycles. The molecule has 3 heteroatoms. The second kappa shape index (κ2) is 3.54. The zero-order valence-corrected chi connectivity index (χ0v) is 8.08. The summed E-state index contributed by atoms with van der Waals surface area (Å²) in [5.74, 6) is 1.65. The van der Waals surface area contributed by atoms with Gasteiger partial charge in [0.2, 0.25) is 0 Å². The Kier molecular flexibility index (Phi) is 2.23. The molecule has 2 rings (SSSR count). The Hall–Kier alpha value is -1.77. The first-order valence-electron chi connectivity index (χ1n) is 4.58. The van der Waals surface area contributed by atoms with Crippen molar-refractivity contribution in [3.8, 4) is 5.75 Å². The Labute approximate surface area is 82.4 Å². The van der Waals surface area contributed by atoms with Gasteiger partial charge in [0.15, 0.2) is 0 Å². The molecule has 0 saturated carbocycles. The molecule has 0 aliphatic carbocycles. The van der Waals surface area contributed by atoms with E-state index in [0.717, 1.165) is 22.6 Å². The van der Waals surface area contributed by atoms with Crippen molar-refractivity contribution in [2.24, 2.45) is 0 Å². The van der Waals surface area contributed by atoms with Gasteiger partial charge in [0.25, 0.3) is 0 Å². The lowest BCUT2D eigenvalue weighted by molar-refractivity contribution is 0.340. The van der Waals surface area contributed by atoms with Gasteiger partial charge in [-0.05, 0) is 25.1 Å². The number of nitrogens with zero attached hydrogens (tertiary/aromatic N) is 1. The van der Waals surface area contributed by atoms with Crippen molar-refractivity contribution in [1.29, 1.82) is 0 Å². The lowest BCUT2D eigenvalue weighted by atomic mass is 10.3. The summed E-state index contributed by atoms with van der Waals surface area (Å²) in [6.07, 6.45) is 1.69. The number of benzene rings is 1. The summed E-state index contributed by atoms with van der Waals surface area (Å²) in [6.45, 7) is 6.30. The van der Waals surface area contributed by atoms with Gasteiger partial charge in [0.1, 0.15) is 11.6 Å². The molecule has 2 aromatic rings. The van der Waals surface area contributed by atoms with Gasteiger partial charge in [-0.15, -0.1) is 0 Å². The molecule has 0 spiro atoms. The molecule has 0 radical (unpaired) electrons. The number of aromatic nitrogens is 2. The lowest BCUT2D eigenvalue weighted by Gasteiger charge is -2.00. The molecule has 0 unspecified atom stereocenters. The first-order valence-corrected chi connectivity index (χ1v) is 4.58. The maximum Gasteiger partial charge on any atom is 0.130 e. The van der Waals surface area contributed by atoms with Crippen molar-refractivity contribution >= 4 is 17.1 Å². The third-order valence-electron chi connectivity index (χ3n) is 1.98. The van der Waals surface area contributed by atoms with Crippen LogP contribution in [-0.4, -0.2) is 16.6 Å². The summed E-state index contributed by atoms with van der Waals surface area (Å²) in [5.41, 5.74) is 1.91. The van der Waals surface area contributed by atoms with E-state index in [1.165, 1.54) is 0 Å². The molecule has 1 heterocycles. The van der Waals surface area contributed by atoms with Gasteiger partial charge >= 0.3 is 0 Å². The molecule has 0 aliphatic rings. The number of imidazole rings is 1. The zero-order valence-electron chi connectivity index (χ0n) is 8.08. The standard InChI is InChI=1S/C11H12N2O/c1-3-11-12-9-6-5-8(14-4-2)7-10(9)13-11/h3,5-7H,1,4H2,2H3,(H,12,13). The van der Waals surface area contributed by atoms with Gasteiger partial charge in [-0.1, -0.05) is 6.58 Å². The van der Waals surface area contributed by atoms with Gasteiger partial charge in [0, 0.05) is 6.07 Å². The number of rotatable bonds is 3. The van der Waals surface area contributed by atoms with E-state index in [1.54, 1.807) is 6.08 Å². The molecule has 0 bridgehead atoms. The average molecular weight is 188 g/mol. The van der Waals surface area contributed by atoms with E-state index in [1.807, 2.05) is 25.1 Å². The molecule has 0 aliphatic heterocycles. The summed E-state index contributed by atoms with van der Waals surface area (Å²) in [7, 11) is 0. The fourth-order valence-electron chi connectivity index (χ4n) is 1.36. The van der Waals surface area contributed by atoms with Gasteiger partial charge in [-0.2, -0.15) is 0 Å². The maximum atomic E-state index is 5.38. The van der Waals surface area contributed by atoms with Crippen LogP contribution in [0.15, 0.2) is 24.8 Å². The third kappa shape index (κ3) is 1.48. The smallest absolute Gasteiger partial charge is 0.130 e. The first-order chi connectivity index (χ1) is 6.83. The molecule has 0 amide bonds. The van der Waals surface area contributed by atoms with Crippen LogP contribution in [0.1, 0.15) is 12.7 Å². The van der Waals surface area contributed by atoms with Crippen molar-refractivity contribution in [3.63, 3.8) is 0 Å². The molecular formula is C11H12N2O. The Bertz CT molecular complexity index is 459. The van der Waals surface area contributed by atoms with Crippen LogP contribution in [-0.2, 0) is 0 Å². The predicted octanol–water partition coefficient (Wildman–Crippen LogP) is 2.60. The Morgan fingerprint density at radius 1 is 1.57 bits per heavy atom. The van der Waals surface area contributed by atoms with Crippen molar-refractivity contribution in [1.82, 2.24) is 9.97 Å². The van der Waals surface area contributed by atoms with Gasteiger partial charge < -0.3 is 9.72 Å². The van der Waals surface area contributed by atoms with E-state index in [2.05, 4.69) is 16.5 Å². The minimum absolute atomic E-state index is 0.675. The second-order valence-electron chi connectivity index (χ2n) is 2.94. The van der Waals surface area contributed by atoms with E-state index < -0.39 is 0 Å². The van der Waals surface area contributed by atoms with Crippen molar-refractivity contribution in [2.75, 3.05) is 6.61 Å². The van der Waals surface area contributed by atoms with Gasteiger partial charge in [-0.3, -0.25) is 0 Å². The molecule has 1 N–H and O–H groups in total. The topological polar surface area (TPSA) is 37.9 Å². The monoisotopic (exact) mass is 188 g/mol. The Morgan fingerprint density at radius 2 is 2.43 bits per heavy atom. The molecule has 0 fully saturated rings. The summed E-state index contributed by atoms with van der Waals surface area (Å²) in [4.78, 5) is 7.44. The maximum absolute atomic E-state index is 5.38. The largest absolute Gasteiger partial charge is 0.494 e. The minimum Gasteiger partial charge on any atom is -0.494 e. The van der Waals surface area contributed by atoms with E-state index in [0.29, 0.717) is 6.61 Å². The molecule has 0 atom stereocenters. The summed E-state index contributed by atoms with van der Waals surface area (Å²) in [6, 6.07) is 5.79. The van der Waals surface area contributed by atoms with Crippen molar-refractivity contribution < 1.29 is 4.74 Å². The molecule has 0 saturated heterocycles. The second-order valence-corrected chi connectivity index (χ2v) is 2.94. The van der Waals surface area contributed by atoms with Crippen LogP contribution in [0.3, 0.4) is 0 Å². The number of nitrogens with one attached hydrogen (secondary N) is 1. The fraction of sp³-hybridized carbons (Fsp3) is 0.182. The van der Waals surface area contributed by atoms with Crippen LogP contribution in [0.5, 0.6) is 5.75 Å². The van der Waals surface area contributed by atoms with E-state index in [9.17, 15) is 0 Å². The van der Waals surface area contributed by atoms with Gasteiger partial charge in [-0.25, -0.2) is 4.98 Å². The van der Waals surface area contributed by atoms with E-state index >= 15 is 0 Å². The third-order valence-corrected chi connectivity index (χ3v) is 1.98. The Morgan fingerprint density at radius 3 is 3.14 bits per heavy atom. The number of fused-ring (bicyclic) bond motifs is 1. The molecular weight excluding hydrogens is 176 g/mol. The number of aromatic amines is 1. The fourth-order valence-corrected chi connectivity index (χ4v) is 1.36. The molecule has 1 aromatic heterocycles. The quantitative estimate of drug-likeness (QED) is 0.803. The van der Waals surface area contributed by atoms with Crippen LogP contribution >= 0.6 is 0 Å². The van der Waals surface area contributed by atoms with E-state index in [4.69, 9.17) is 4.74 Å². The van der Waals surface area contributed by atoms with E-state index in [-0.39, 0.29) is 0 Å². The van der Waals surface area contributed by atoms with Crippen molar-refractivity contribution in [2.45, 2.75) is 6.92 Å². The lowest BCUT2D eigenvalue weighted by Crippen LogP contribution is -1.90.